The van der Waals surface area contributed by atoms with Gasteiger partial charge in [0.15, 0.2) is 0 Å². The molecule has 0 aliphatic carbocycles. The quantitative estimate of drug-likeness (QED) is 0.105. The van der Waals surface area contributed by atoms with E-state index in [4.69, 9.17) is 9.94 Å². The number of H-pyrrole nitrogens is 1. The van der Waals surface area contributed by atoms with E-state index in [9.17, 15) is 9.59 Å². The zero-order chi connectivity index (χ0) is 27.5. The first-order chi connectivity index (χ1) is 19.6. The molecule has 0 atom stereocenters. The highest BCUT2D eigenvalue weighted by Gasteiger charge is 2.14. The molecule has 0 bridgehead atoms. The van der Waals surface area contributed by atoms with E-state index in [0.29, 0.717) is 28.1 Å². The van der Waals surface area contributed by atoms with Crippen LogP contribution in [0.5, 0.6) is 5.75 Å². The fourth-order valence-corrected chi connectivity index (χ4v) is 4.79. The van der Waals surface area contributed by atoms with Gasteiger partial charge in [-0.2, -0.15) is 0 Å². The molecular formula is C33H25N3O4. The summed E-state index contributed by atoms with van der Waals surface area (Å²) in [4.78, 5) is 28.7. The van der Waals surface area contributed by atoms with Crippen molar-refractivity contribution in [1.82, 2.24) is 10.5 Å². The summed E-state index contributed by atoms with van der Waals surface area (Å²) in [6.07, 6.45) is 1.72. The number of hydrogen-bond donors (Lipinski definition) is 4. The molecule has 0 radical (unpaired) electrons. The van der Waals surface area contributed by atoms with Crippen LogP contribution >= 0.6 is 0 Å². The highest BCUT2D eigenvalue weighted by molar-refractivity contribution is 6.11. The lowest BCUT2D eigenvalue weighted by Crippen LogP contribution is -2.19. The van der Waals surface area contributed by atoms with Gasteiger partial charge in [0.25, 0.3) is 11.8 Å². The SMILES string of the molecule is O=C(Nc1cccc2ccccc12)C(=Cc1ccc(C(=O)NO)cc1)COc1ccc2c(c1)[nH]c1ccccc12. The number of fused-ring (bicyclic) bond motifs is 4. The zero-order valence-corrected chi connectivity index (χ0v) is 21.3. The Morgan fingerprint density at radius 2 is 1.50 bits per heavy atom. The highest BCUT2D eigenvalue weighted by atomic mass is 16.5. The van der Waals surface area contributed by atoms with Gasteiger partial charge in [0.2, 0.25) is 0 Å². The minimum absolute atomic E-state index is 0.0151. The average molecular weight is 528 g/mol. The number of hydroxylamine groups is 1. The standard InChI is InChI=1S/C33H25N3O4/c37-32(35-29-11-5-7-22-6-1-2-8-26(22)29)24(18-21-12-14-23(15-13-21)33(38)36-39)20-40-25-16-17-28-27-9-3-4-10-30(27)34-31(28)19-25/h1-19,34,39H,20H2,(H,35,37)(H,36,38). The Morgan fingerprint density at radius 1 is 0.775 bits per heavy atom. The van der Waals surface area contributed by atoms with Crippen molar-refractivity contribution in [3.63, 3.8) is 0 Å². The Morgan fingerprint density at radius 3 is 2.33 bits per heavy atom. The maximum Gasteiger partial charge on any atom is 0.274 e. The van der Waals surface area contributed by atoms with Crippen molar-refractivity contribution < 1.29 is 19.5 Å². The van der Waals surface area contributed by atoms with Crippen molar-refractivity contribution in [1.29, 1.82) is 0 Å². The largest absolute Gasteiger partial charge is 0.489 e. The number of benzene rings is 5. The molecule has 0 saturated heterocycles. The molecule has 5 aromatic carbocycles. The van der Waals surface area contributed by atoms with Gasteiger partial charge >= 0.3 is 0 Å². The fourth-order valence-electron chi connectivity index (χ4n) is 4.79. The van der Waals surface area contributed by atoms with Crippen LogP contribution in [0.25, 0.3) is 38.7 Å². The Kier molecular flexibility index (Phi) is 6.70. The number of ether oxygens (including phenoxy) is 1. The Hall–Kier alpha value is -5.40. The van der Waals surface area contributed by atoms with Gasteiger partial charge in [0, 0.05) is 39.0 Å². The summed E-state index contributed by atoms with van der Waals surface area (Å²) in [6.45, 7) is 0.0151. The van der Waals surface area contributed by atoms with Gasteiger partial charge in [0.05, 0.1) is 11.1 Å². The second-order valence-electron chi connectivity index (χ2n) is 9.38. The first-order valence-electron chi connectivity index (χ1n) is 12.8. The van der Waals surface area contributed by atoms with Crippen LogP contribution < -0.4 is 15.5 Å². The van der Waals surface area contributed by atoms with Crippen molar-refractivity contribution in [3.05, 3.63) is 126 Å². The number of carbonyl (C=O) groups is 2. The summed E-state index contributed by atoms with van der Waals surface area (Å²) in [6, 6.07) is 34.1. The van der Waals surface area contributed by atoms with E-state index in [-0.39, 0.29) is 12.5 Å². The second-order valence-corrected chi connectivity index (χ2v) is 9.38. The predicted molar refractivity (Wildman–Crippen MR) is 158 cm³/mol. The van der Waals surface area contributed by atoms with E-state index < -0.39 is 5.91 Å². The maximum atomic E-state index is 13.6. The van der Waals surface area contributed by atoms with Gasteiger partial charge in [-0.15, -0.1) is 0 Å². The third-order valence-corrected chi connectivity index (χ3v) is 6.82. The number of nitrogens with one attached hydrogen (secondary N) is 3. The molecule has 7 heteroatoms. The smallest absolute Gasteiger partial charge is 0.274 e. The molecule has 0 fully saturated rings. The normalized spacial score (nSPS) is 11.6. The van der Waals surface area contributed by atoms with Crippen LogP contribution in [0.1, 0.15) is 15.9 Å². The monoisotopic (exact) mass is 527 g/mol. The molecule has 7 nitrogen and oxygen atoms in total. The van der Waals surface area contributed by atoms with E-state index in [1.54, 1.807) is 35.8 Å². The fraction of sp³-hybridized carbons (Fsp3) is 0.0303. The van der Waals surface area contributed by atoms with Crippen molar-refractivity contribution in [2.75, 3.05) is 11.9 Å². The molecule has 1 aromatic heterocycles. The number of hydrogen-bond acceptors (Lipinski definition) is 4. The number of anilines is 1. The molecule has 2 amide bonds. The lowest BCUT2D eigenvalue weighted by Gasteiger charge is -2.13. The Bertz CT molecular complexity index is 1900. The number of aromatic amines is 1. The first kappa shape index (κ1) is 24.9. The van der Waals surface area contributed by atoms with Gasteiger partial charge in [-0.3, -0.25) is 14.8 Å². The Labute approximate surface area is 229 Å². The van der Waals surface area contributed by atoms with Gasteiger partial charge in [-0.1, -0.05) is 66.7 Å². The topological polar surface area (TPSA) is 103 Å². The lowest BCUT2D eigenvalue weighted by molar-refractivity contribution is -0.113. The molecule has 196 valence electrons. The second kappa shape index (κ2) is 10.8. The van der Waals surface area contributed by atoms with Crippen LogP contribution in [0.2, 0.25) is 0 Å². The Balaban J connectivity index is 1.30. The van der Waals surface area contributed by atoms with Crippen LogP contribution in [0, 0.1) is 0 Å². The summed E-state index contributed by atoms with van der Waals surface area (Å²) in [5.41, 5.74) is 5.70. The molecular weight excluding hydrogens is 502 g/mol. The van der Waals surface area contributed by atoms with Crippen LogP contribution in [-0.4, -0.2) is 28.6 Å². The zero-order valence-electron chi connectivity index (χ0n) is 21.3. The lowest BCUT2D eigenvalue weighted by atomic mass is 10.1. The third kappa shape index (κ3) is 5.01. The van der Waals surface area contributed by atoms with Gasteiger partial charge in [0.1, 0.15) is 12.4 Å². The first-order valence-corrected chi connectivity index (χ1v) is 12.8. The average Bonchev–Trinajstić information content (AvgIpc) is 3.37. The highest BCUT2D eigenvalue weighted by Crippen LogP contribution is 2.29. The summed E-state index contributed by atoms with van der Waals surface area (Å²) >= 11 is 0. The minimum atomic E-state index is -0.611. The number of rotatable bonds is 7. The molecule has 1 heterocycles. The van der Waals surface area contributed by atoms with Crippen molar-refractivity contribution >= 4 is 56.2 Å². The van der Waals surface area contributed by atoms with Crippen LogP contribution in [0.15, 0.2) is 115 Å². The van der Waals surface area contributed by atoms with Crippen molar-refractivity contribution in [2.24, 2.45) is 0 Å². The molecule has 0 spiro atoms. The van der Waals surface area contributed by atoms with Gasteiger partial charge in [-0.05, 0) is 53.4 Å². The minimum Gasteiger partial charge on any atom is -0.489 e. The van der Waals surface area contributed by atoms with Gasteiger partial charge in [-0.25, -0.2) is 5.48 Å². The molecule has 6 rings (SSSR count). The summed E-state index contributed by atoms with van der Waals surface area (Å²) in [7, 11) is 0. The maximum absolute atomic E-state index is 13.6. The van der Waals surface area contributed by atoms with E-state index in [1.807, 2.05) is 78.9 Å². The molecule has 0 aliphatic rings. The number of carbonyl (C=O) groups excluding carboxylic acids is 2. The summed E-state index contributed by atoms with van der Waals surface area (Å²) in [5.74, 6) is -0.293. The summed E-state index contributed by atoms with van der Waals surface area (Å²) < 4.78 is 6.12. The number of aromatic nitrogens is 1. The van der Waals surface area contributed by atoms with Crippen LogP contribution in [-0.2, 0) is 4.79 Å². The van der Waals surface area contributed by atoms with Gasteiger partial charge < -0.3 is 15.0 Å². The van der Waals surface area contributed by atoms with E-state index >= 15 is 0 Å². The molecule has 40 heavy (non-hydrogen) atoms. The van der Waals surface area contributed by atoms with E-state index in [1.165, 1.54) is 0 Å². The number of para-hydroxylation sites is 1. The number of amides is 2. The molecule has 0 aliphatic heterocycles. The molecule has 0 saturated carbocycles. The molecule has 0 unspecified atom stereocenters. The van der Waals surface area contributed by atoms with Crippen molar-refractivity contribution in [2.45, 2.75) is 0 Å². The van der Waals surface area contributed by atoms with E-state index in [2.05, 4.69) is 16.4 Å². The van der Waals surface area contributed by atoms with Crippen LogP contribution in [0.3, 0.4) is 0 Å². The predicted octanol–water partition coefficient (Wildman–Crippen LogP) is 6.69. The third-order valence-electron chi connectivity index (χ3n) is 6.82. The van der Waals surface area contributed by atoms with Crippen LogP contribution in [0.4, 0.5) is 5.69 Å². The van der Waals surface area contributed by atoms with E-state index in [0.717, 1.165) is 32.6 Å². The summed E-state index contributed by atoms with van der Waals surface area (Å²) in [5, 5.41) is 16.1. The molecule has 6 aromatic rings. The molecule has 4 N–H and O–H groups in total. The van der Waals surface area contributed by atoms with Crippen molar-refractivity contribution in [3.8, 4) is 5.75 Å².